The summed E-state index contributed by atoms with van der Waals surface area (Å²) in [5, 5.41) is 0.643. The maximum Gasteiger partial charge on any atom is 0.162 e. The zero-order valence-corrected chi connectivity index (χ0v) is 15.0. The van der Waals surface area contributed by atoms with Crippen LogP contribution < -0.4 is 9.47 Å². The Morgan fingerprint density at radius 2 is 1.79 bits per heavy atom. The van der Waals surface area contributed by atoms with Crippen molar-refractivity contribution in [3.05, 3.63) is 43.5 Å². The number of halogens is 3. The highest BCUT2D eigenvalue weighted by Gasteiger charge is 2.19. The number of alkyl halides is 1. The van der Waals surface area contributed by atoms with E-state index in [0.29, 0.717) is 16.5 Å². The van der Waals surface area contributed by atoms with Crippen molar-refractivity contribution in [1.29, 1.82) is 0 Å². The van der Waals surface area contributed by atoms with E-state index in [4.69, 9.17) is 21.1 Å². The molecule has 1 unspecified atom stereocenters. The molecule has 102 valence electrons. The van der Waals surface area contributed by atoms with E-state index in [-0.39, 0.29) is 4.83 Å². The van der Waals surface area contributed by atoms with Crippen LogP contribution in [-0.4, -0.2) is 14.2 Å². The average molecular weight is 427 g/mol. The molecule has 19 heavy (non-hydrogen) atoms. The summed E-state index contributed by atoms with van der Waals surface area (Å²) in [7, 11) is 3.20. The minimum Gasteiger partial charge on any atom is -0.493 e. The van der Waals surface area contributed by atoms with Crippen LogP contribution in [0.15, 0.2) is 28.1 Å². The molecule has 2 rings (SSSR count). The fraction of sp³-hybridized carbons (Fsp3) is 0.231. The fourth-order valence-electron chi connectivity index (χ4n) is 1.68. The van der Waals surface area contributed by atoms with Gasteiger partial charge in [-0.25, -0.2) is 0 Å². The number of hydrogen-bond donors (Lipinski definition) is 0. The van der Waals surface area contributed by atoms with Crippen molar-refractivity contribution in [3.8, 4) is 11.5 Å². The molecular formula is C13H11Br2ClO2S. The second kappa shape index (κ2) is 6.48. The predicted molar refractivity (Wildman–Crippen MR) is 87.3 cm³/mol. The van der Waals surface area contributed by atoms with Crippen molar-refractivity contribution < 1.29 is 9.47 Å². The van der Waals surface area contributed by atoms with Crippen molar-refractivity contribution in [2.75, 3.05) is 14.2 Å². The highest BCUT2D eigenvalue weighted by molar-refractivity contribution is 9.11. The summed E-state index contributed by atoms with van der Waals surface area (Å²) in [5.74, 6) is 1.30. The van der Waals surface area contributed by atoms with Crippen LogP contribution in [0.2, 0.25) is 5.02 Å². The Morgan fingerprint density at radius 1 is 1.16 bits per heavy atom. The molecule has 0 aliphatic carbocycles. The molecule has 2 nitrogen and oxygen atoms in total. The lowest BCUT2D eigenvalue weighted by Gasteiger charge is -2.14. The third kappa shape index (κ3) is 3.27. The first kappa shape index (κ1) is 15.2. The summed E-state index contributed by atoms with van der Waals surface area (Å²) < 4.78 is 11.6. The lowest BCUT2D eigenvalue weighted by Crippen LogP contribution is -1.96. The van der Waals surface area contributed by atoms with Crippen LogP contribution in [-0.2, 0) is 0 Å². The van der Waals surface area contributed by atoms with Gasteiger partial charge in [-0.3, -0.25) is 0 Å². The van der Waals surface area contributed by atoms with Crippen LogP contribution in [0.25, 0.3) is 0 Å². The van der Waals surface area contributed by atoms with E-state index >= 15 is 0 Å². The quantitative estimate of drug-likeness (QED) is 0.587. The van der Waals surface area contributed by atoms with Crippen LogP contribution in [0.4, 0.5) is 0 Å². The Labute approximate surface area is 137 Å². The summed E-state index contributed by atoms with van der Waals surface area (Å²) in [6.07, 6.45) is 0. The lowest BCUT2D eigenvalue weighted by molar-refractivity contribution is 0.354. The molecule has 0 spiro atoms. The maximum absolute atomic E-state index is 6.32. The van der Waals surface area contributed by atoms with Gasteiger partial charge in [0.15, 0.2) is 11.5 Å². The van der Waals surface area contributed by atoms with Crippen LogP contribution >= 0.6 is 54.8 Å². The molecule has 0 saturated carbocycles. The first-order valence-electron chi connectivity index (χ1n) is 5.37. The molecule has 0 N–H and O–H groups in total. The second-order valence-corrected chi connectivity index (χ2v) is 7.55. The largest absolute Gasteiger partial charge is 0.493 e. The number of ether oxygens (including phenoxy) is 2. The summed E-state index contributed by atoms with van der Waals surface area (Å²) in [5.41, 5.74) is 0.952. The van der Waals surface area contributed by atoms with E-state index in [0.717, 1.165) is 9.35 Å². The standard InChI is InChI=1S/C13H11Br2ClO2S/c1-17-9-5-7(8(16)6-10(9)18-2)13(15)11-3-4-12(14)19-11/h3-6,13H,1-2H3. The predicted octanol–water partition coefficient (Wildman–Crippen LogP) is 5.67. The molecule has 6 heteroatoms. The first-order chi connectivity index (χ1) is 9.06. The lowest BCUT2D eigenvalue weighted by atomic mass is 10.1. The number of thiophene rings is 1. The monoisotopic (exact) mass is 424 g/mol. The van der Waals surface area contributed by atoms with Crippen molar-refractivity contribution in [2.45, 2.75) is 4.83 Å². The molecule has 1 heterocycles. The van der Waals surface area contributed by atoms with Gasteiger partial charge in [0.2, 0.25) is 0 Å². The Morgan fingerprint density at radius 3 is 2.32 bits per heavy atom. The Balaban J connectivity index is 2.44. The van der Waals surface area contributed by atoms with Gasteiger partial charge < -0.3 is 9.47 Å². The molecule has 0 fully saturated rings. The van der Waals surface area contributed by atoms with E-state index in [1.54, 1.807) is 31.6 Å². The van der Waals surface area contributed by atoms with Gasteiger partial charge in [0.1, 0.15) is 0 Å². The van der Waals surface area contributed by atoms with E-state index in [1.807, 2.05) is 12.1 Å². The van der Waals surface area contributed by atoms with E-state index < -0.39 is 0 Å². The van der Waals surface area contributed by atoms with Gasteiger partial charge in [0, 0.05) is 16.0 Å². The summed E-state index contributed by atoms with van der Waals surface area (Å²) >= 11 is 15.1. The maximum atomic E-state index is 6.32. The number of methoxy groups -OCH3 is 2. The van der Waals surface area contributed by atoms with Crippen molar-refractivity contribution >= 4 is 54.8 Å². The second-order valence-electron chi connectivity index (χ2n) is 3.73. The topological polar surface area (TPSA) is 18.5 Å². The molecule has 0 aliphatic rings. The molecule has 0 amide bonds. The molecule has 1 aromatic carbocycles. The smallest absolute Gasteiger partial charge is 0.162 e. The number of hydrogen-bond acceptors (Lipinski definition) is 3. The van der Waals surface area contributed by atoms with Crippen LogP contribution in [0.3, 0.4) is 0 Å². The molecular weight excluding hydrogens is 415 g/mol. The minimum absolute atomic E-state index is 0.0242. The summed E-state index contributed by atoms with van der Waals surface area (Å²) in [6.45, 7) is 0. The number of benzene rings is 1. The van der Waals surface area contributed by atoms with Crippen molar-refractivity contribution in [1.82, 2.24) is 0 Å². The molecule has 0 aliphatic heterocycles. The van der Waals surface area contributed by atoms with Crippen LogP contribution in [0.1, 0.15) is 15.3 Å². The third-order valence-corrected chi connectivity index (χ3v) is 5.93. The Hall–Kier alpha value is -0.230. The third-order valence-electron chi connectivity index (χ3n) is 2.62. The highest BCUT2D eigenvalue weighted by Crippen LogP contribution is 2.43. The van der Waals surface area contributed by atoms with E-state index in [9.17, 15) is 0 Å². The van der Waals surface area contributed by atoms with Crippen LogP contribution in [0, 0.1) is 0 Å². The molecule has 0 bridgehead atoms. The SMILES string of the molecule is COc1cc(Cl)c(C(Br)c2ccc(Br)s2)cc1OC. The van der Waals surface area contributed by atoms with Gasteiger partial charge in [-0.1, -0.05) is 27.5 Å². The van der Waals surface area contributed by atoms with Crippen molar-refractivity contribution in [2.24, 2.45) is 0 Å². The first-order valence-corrected chi connectivity index (χ1v) is 8.28. The van der Waals surface area contributed by atoms with E-state index in [2.05, 4.69) is 37.9 Å². The Kier molecular flexibility index (Phi) is 5.17. The highest BCUT2D eigenvalue weighted by atomic mass is 79.9. The van der Waals surface area contributed by atoms with Crippen LogP contribution in [0.5, 0.6) is 11.5 Å². The summed E-state index contributed by atoms with van der Waals surface area (Å²) in [6, 6.07) is 7.74. The van der Waals surface area contributed by atoms with Gasteiger partial charge >= 0.3 is 0 Å². The molecule has 1 atom stereocenters. The molecule has 1 aromatic heterocycles. The van der Waals surface area contributed by atoms with Gasteiger partial charge in [-0.05, 0) is 39.7 Å². The zero-order chi connectivity index (χ0) is 14.0. The molecule has 0 saturated heterocycles. The number of rotatable bonds is 4. The fourth-order valence-corrected chi connectivity index (χ4v) is 4.31. The average Bonchev–Trinajstić information content (AvgIpc) is 2.84. The Bertz CT molecular complexity index is 586. The van der Waals surface area contributed by atoms with Gasteiger partial charge in [-0.15, -0.1) is 11.3 Å². The molecule has 0 radical (unpaired) electrons. The van der Waals surface area contributed by atoms with Gasteiger partial charge in [-0.2, -0.15) is 0 Å². The molecule has 2 aromatic rings. The summed E-state index contributed by atoms with van der Waals surface area (Å²) in [4.78, 5) is 1.19. The zero-order valence-electron chi connectivity index (χ0n) is 10.2. The van der Waals surface area contributed by atoms with Crippen molar-refractivity contribution in [3.63, 3.8) is 0 Å². The minimum atomic E-state index is 0.0242. The van der Waals surface area contributed by atoms with Gasteiger partial charge in [0.05, 0.1) is 22.8 Å². The van der Waals surface area contributed by atoms with E-state index in [1.165, 1.54) is 4.88 Å². The van der Waals surface area contributed by atoms with Gasteiger partial charge in [0.25, 0.3) is 0 Å². The normalized spacial score (nSPS) is 12.3.